The lowest BCUT2D eigenvalue weighted by Gasteiger charge is -2.12. The highest BCUT2D eigenvalue weighted by Gasteiger charge is 2.04. The first-order valence-corrected chi connectivity index (χ1v) is 7.58. The van der Waals surface area contributed by atoms with Gasteiger partial charge in [-0.3, -0.25) is 4.79 Å². The Labute approximate surface area is 160 Å². The molecule has 0 aromatic heterocycles. The van der Waals surface area contributed by atoms with Crippen molar-refractivity contribution in [1.82, 2.24) is 16.0 Å². The van der Waals surface area contributed by atoms with Gasteiger partial charge in [0.05, 0.1) is 20.8 Å². The lowest BCUT2D eigenvalue weighted by atomic mass is 10.2. The zero-order chi connectivity index (χ0) is 17.1. The smallest absolute Gasteiger partial charge is 0.216 e. The van der Waals surface area contributed by atoms with Gasteiger partial charge in [-0.05, 0) is 24.6 Å². The van der Waals surface area contributed by atoms with E-state index in [-0.39, 0.29) is 29.9 Å². The first-order chi connectivity index (χ1) is 11.1. The van der Waals surface area contributed by atoms with Crippen LogP contribution in [0.4, 0.5) is 0 Å². The van der Waals surface area contributed by atoms with Crippen LogP contribution in [0.5, 0.6) is 11.5 Å². The molecule has 1 aromatic rings. The summed E-state index contributed by atoms with van der Waals surface area (Å²) in [4.78, 5) is 15.3. The van der Waals surface area contributed by atoms with E-state index >= 15 is 0 Å². The fourth-order valence-electron chi connectivity index (χ4n) is 1.91. The molecule has 0 unspecified atom stereocenters. The number of aliphatic imine (C=N–C) groups is 1. The molecular weight excluding hydrogens is 423 g/mol. The number of amides is 1. The first kappa shape index (κ1) is 22.3. The third kappa shape index (κ3) is 8.23. The minimum atomic E-state index is -0.0425. The molecule has 1 aromatic carbocycles. The predicted octanol–water partition coefficient (Wildman–Crippen LogP) is 1.51. The minimum Gasteiger partial charge on any atom is -0.493 e. The van der Waals surface area contributed by atoms with Gasteiger partial charge < -0.3 is 25.4 Å². The second-order valence-electron chi connectivity index (χ2n) is 4.79. The quantitative estimate of drug-likeness (QED) is 0.242. The number of benzene rings is 1. The van der Waals surface area contributed by atoms with Gasteiger partial charge in [-0.25, -0.2) is 4.99 Å². The van der Waals surface area contributed by atoms with Gasteiger partial charge in [0.1, 0.15) is 0 Å². The maximum atomic E-state index is 10.8. The monoisotopic (exact) mass is 450 g/mol. The molecule has 0 radical (unpaired) electrons. The number of carbonyl (C=O) groups is 1. The summed E-state index contributed by atoms with van der Waals surface area (Å²) in [6, 6.07) is 5.72. The highest BCUT2D eigenvalue weighted by Crippen LogP contribution is 2.27. The second kappa shape index (κ2) is 12.7. The van der Waals surface area contributed by atoms with Crippen LogP contribution in [-0.2, 0) is 11.3 Å². The summed E-state index contributed by atoms with van der Waals surface area (Å²) in [5.74, 6) is 2.04. The van der Waals surface area contributed by atoms with E-state index in [1.54, 1.807) is 14.2 Å². The van der Waals surface area contributed by atoms with Crippen molar-refractivity contribution in [3.05, 3.63) is 23.8 Å². The van der Waals surface area contributed by atoms with Gasteiger partial charge in [0.25, 0.3) is 0 Å². The number of guanidine groups is 1. The second-order valence-corrected chi connectivity index (χ2v) is 4.79. The molecular formula is C16H27IN4O3. The Bertz CT molecular complexity index is 538. The summed E-state index contributed by atoms with van der Waals surface area (Å²) >= 11 is 0. The van der Waals surface area contributed by atoms with Crippen LogP contribution >= 0.6 is 24.0 Å². The fourth-order valence-corrected chi connectivity index (χ4v) is 1.91. The van der Waals surface area contributed by atoms with E-state index in [0.717, 1.165) is 12.1 Å². The van der Waals surface area contributed by atoms with E-state index in [4.69, 9.17) is 9.47 Å². The number of hydrogen-bond acceptors (Lipinski definition) is 4. The van der Waals surface area contributed by atoms with Crippen LogP contribution in [0.3, 0.4) is 0 Å². The summed E-state index contributed by atoms with van der Waals surface area (Å²) in [6.45, 7) is 5.93. The van der Waals surface area contributed by atoms with Gasteiger partial charge in [-0.15, -0.1) is 24.0 Å². The number of halogens is 1. The molecule has 0 aliphatic carbocycles. The zero-order valence-corrected chi connectivity index (χ0v) is 17.0. The van der Waals surface area contributed by atoms with E-state index in [2.05, 4.69) is 20.9 Å². The van der Waals surface area contributed by atoms with Crippen molar-refractivity contribution in [3.8, 4) is 11.5 Å². The van der Waals surface area contributed by atoms with Crippen molar-refractivity contribution in [1.29, 1.82) is 0 Å². The van der Waals surface area contributed by atoms with Gasteiger partial charge in [0, 0.05) is 26.6 Å². The Morgan fingerprint density at radius 2 is 1.75 bits per heavy atom. The molecule has 0 aliphatic heterocycles. The highest BCUT2D eigenvalue weighted by atomic mass is 127. The summed E-state index contributed by atoms with van der Waals surface area (Å²) < 4.78 is 10.5. The Kier molecular flexibility index (Phi) is 11.8. The van der Waals surface area contributed by atoms with Crippen LogP contribution in [0.15, 0.2) is 23.2 Å². The number of carbonyl (C=O) groups excluding carboxylic acids is 1. The molecule has 0 saturated carbocycles. The SMILES string of the molecule is CCNC(=NCc1ccc(OC)c(OC)c1)NCCNC(C)=O.I. The number of rotatable bonds is 8. The molecule has 0 heterocycles. The van der Waals surface area contributed by atoms with Crippen molar-refractivity contribution in [2.75, 3.05) is 33.9 Å². The van der Waals surface area contributed by atoms with Crippen LogP contribution in [0.1, 0.15) is 19.4 Å². The number of nitrogens with zero attached hydrogens (tertiary/aromatic N) is 1. The van der Waals surface area contributed by atoms with Crippen molar-refractivity contribution in [2.45, 2.75) is 20.4 Å². The number of nitrogens with one attached hydrogen (secondary N) is 3. The molecule has 24 heavy (non-hydrogen) atoms. The van der Waals surface area contributed by atoms with E-state index < -0.39 is 0 Å². The summed E-state index contributed by atoms with van der Waals surface area (Å²) in [7, 11) is 3.22. The van der Waals surface area contributed by atoms with Crippen molar-refractivity contribution >= 4 is 35.8 Å². The van der Waals surface area contributed by atoms with Crippen molar-refractivity contribution in [3.63, 3.8) is 0 Å². The van der Waals surface area contributed by atoms with Crippen molar-refractivity contribution < 1.29 is 14.3 Å². The fraction of sp³-hybridized carbons (Fsp3) is 0.500. The standard InChI is InChI=1S/C16H26N4O3.HI/c1-5-17-16(19-9-8-18-12(2)21)20-11-13-6-7-14(22-3)15(10-13)23-4;/h6-7,10H,5,8-9,11H2,1-4H3,(H,18,21)(H2,17,19,20);1H. The van der Waals surface area contributed by atoms with Gasteiger partial charge in [-0.1, -0.05) is 6.07 Å². The number of methoxy groups -OCH3 is 2. The largest absolute Gasteiger partial charge is 0.493 e. The lowest BCUT2D eigenvalue weighted by Crippen LogP contribution is -2.41. The predicted molar refractivity (Wildman–Crippen MR) is 106 cm³/mol. The van der Waals surface area contributed by atoms with Crippen LogP contribution in [0, 0.1) is 0 Å². The molecule has 7 nitrogen and oxygen atoms in total. The molecule has 0 saturated heterocycles. The highest BCUT2D eigenvalue weighted by molar-refractivity contribution is 14.0. The van der Waals surface area contributed by atoms with Gasteiger partial charge in [-0.2, -0.15) is 0 Å². The van der Waals surface area contributed by atoms with Gasteiger partial charge in [0.2, 0.25) is 5.91 Å². The maximum absolute atomic E-state index is 10.8. The van der Waals surface area contributed by atoms with E-state index in [0.29, 0.717) is 37.1 Å². The number of hydrogen-bond donors (Lipinski definition) is 3. The molecule has 3 N–H and O–H groups in total. The van der Waals surface area contributed by atoms with Crippen LogP contribution in [0.25, 0.3) is 0 Å². The zero-order valence-electron chi connectivity index (χ0n) is 14.6. The maximum Gasteiger partial charge on any atom is 0.216 e. The van der Waals surface area contributed by atoms with Crippen LogP contribution in [0.2, 0.25) is 0 Å². The van der Waals surface area contributed by atoms with Gasteiger partial charge >= 0.3 is 0 Å². The average molecular weight is 450 g/mol. The Morgan fingerprint density at radius 3 is 2.33 bits per heavy atom. The van der Waals surface area contributed by atoms with Crippen LogP contribution < -0.4 is 25.4 Å². The molecule has 0 spiro atoms. The Balaban J connectivity index is 0.00000529. The van der Waals surface area contributed by atoms with Gasteiger partial charge in [0.15, 0.2) is 17.5 Å². The van der Waals surface area contributed by atoms with Crippen LogP contribution in [-0.4, -0.2) is 45.7 Å². The first-order valence-electron chi connectivity index (χ1n) is 7.58. The molecule has 1 rings (SSSR count). The minimum absolute atomic E-state index is 0. The molecule has 1 amide bonds. The molecule has 0 fully saturated rings. The van der Waals surface area contributed by atoms with E-state index in [1.165, 1.54) is 6.92 Å². The normalized spacial score (nSPS) is 10.4. The average Bonchev–Trinajstić information content (AvgIpc) is 2.55. The Hall–Kier alpha value is -1.71. The molecule has 136 valence electrons. The third-order valence-electron chi connectivity index (χ3n) is 3.00. The molecule has 0 aliphatic rings. The molecule has 0 bridgehead atoms. The third-order valence-corrected chi connectivity index (χ3v) is 3.00. The topological polar surface area (TPSA) is 84.0 Å². The summed E-state index contributed by atoms with van der Waals surface area (Å²) in [5.41, 5.74) is 1.02. The van der Waals surface area contributed by atoms with E-state index in [1.807, 2.05) is 25.1 Å². The Morgan fingerprint density at radius 1 is 1.08 bits per heavy atom. The van der Waals surface area contributed by atoms with E-state index in [9.17, 15) is 4.79 Å². The number of ether oxygens (including phenoxy) is 2. The lowest BCUT2D eigenvalue weighted by molar-refractivity contribution is -0.118. The summed E-state index contributed by atoms with van der Waals surface area (Å²) in [5, 5.41) is 9.06. The molecule has 8 heteroatoms. The van der Waals surface area contributed by atoms with Crippen molar-refractivity contribution in [2.24, 2.45) is 4.99 Å². The summed E-state index contributed by atoms with van der Waals surface area (Å²) in [6.07, 6.45) is 0. The molecule has 0 atom stereocenters.